The third-order valence-corrected chi connectivity index (χ3v) is 4.88. The normalized spacial score (nSPS) is 19.2. The van der Waals surface area contributed by atoms with Gasteiger partial charge in [-0.05, 0) is 75.1 Å². The van der Waals surface area contributed by atoms with E-state index in [0.717, 1.165) is 19.3 Å². The van der Waals surface area contributed by atoms with Crippen LogP contribution in [0.15, 0.2) is 24.3 Å². The van der Waals surface area contributed by atoms with Gasteiger partial charge in [-0.1, -0.05) is 11.8 Å². The van der Waals surface area contributed by atoms with Crippen LogP contribution in [0, 0.1) is 35.5 Å². The Morgan fingerprint density at radius 2 is 1.93 bits per heavy atom. The highest BCUT2D eigenvalue weighted by atomic mass is 16.5. The Bertz CT molecular complexity index is 851. The van der Waals surface area contributed by atoms with Crippen LogP contribution < -0.4 is 16.5 Å². The van der Waals surface area contributed by atoms with Gasteiger partial charge in [-0.15, -0.1) is 0 Å². The smallest absolute Gasteiger partial charge is 0.267 e. The maximum absolute atomic E-state index is 12.4. The molecule has 7 nitrogen and oxygen atoms in total. The third kappa shape index (κ3) is 6.62. The molecule has 0 aliphatic heterocycles. The molecule has 29 heavy (non-hydrogen) atoms. The van der Waals surface area contributed by atoms with Crippen molar-refractivity contribution >= 4 is 11.8 Å². The van der Waals surface area contributed by atoms with E-state index >= 15 is 0 Å². The lowest BCUT2D eigenvalue weighted by Gasteiger charge is -2.29. The lowest BCUT2D eigenvalue weighted by Crippen LogP contribution is -2.61. The second-order valence-corrected chi connectivity index (χ2v) is 7.86. The van der Waals surface area contributed by atoms with E-state index in [0.29, 0.717) is 23.0 Å². The summed E-state index contributed by atoms with van der Waals surface area (Å²) in [6.45, 7) is 3.36. The summed E-state index contributed by atoms with van der Waals surface area (Å²) in [7, 11) is 0. The average Bonchev–Trinajstić information content (AvgIpc) is 3.16. The molecule has 0 heterocycles. The molecule has 0 radical (unpaired) electrons. The lowest BCUT2D eigenvalue weighted by molar-refractivity contribution is -0.132. The van der Waals surface area contributed by atoms with Crippen molar-refractivity contribution in [2.45, 2.75) is 44.7 Å². The summed E-state index contributed by atoms with van der Waals surface area (Å²) in [6.07, 6.45) is 2.93. The number of carbonyl (C=O) groups excluding carboxylic acids is 2. The fraction of sp³-hybridized carbons (Fsp3) is 0.455. The summed E-state index contributed by atoms with van der Waals surface area (Å²) >= 11 is 0. The van der Waals surface area contributed by atoms with Gasteiger partial charge in [0.2, 0.25) is 0 Å². The van der Waals surface area contributed by atoms with Gasteiger partial charge in [0, 0.05) is 29.2 Å². The molecule has 0 saturated heterocycles. The molecule has 1 aromatic rings. The second-order valence-electron chi connectivity index (χ2n) is 7.86. The first-order valence-corrected chi connectivity index (χ1v) is 9.50. The van der Waals surface area contributed by atoms with Gasteiger partial charge in [0.05, 0.1) is 0 Å². The summed E-state index contributed by atoms with van der Waals surface area (Å²) in [6, 6.07) is 5.46. The molecule has 1 aliphatic rings. The molecule has 1 saturated carbocycles. The Balaban J connectivity index is 1.98. The van der Waals surface area contributed by atoms with Crippen molar-refractivity contribution in [2.24, 2.45) is 17.6 Å². The van der Waals surface area contributed by atoms with E-state index in [2.05, 4.69) is 29.0 Å². The number of nitrogens with one attached hydrogen (secondary N) is 2. The minimum atomic E-state index is -1.10. The zero-order valence-corrected chi connectivity index (χ0v) is 16.7. The van der Waals surface area contributed by atoms with Gasteiger partial charge < -0.3 is 16.2 Å². The second kappa shape index (κ2) is 10.1. The Morgan fingerprint density at radius 3 is 2.48 bits per heavy atom. The Hall–Kier alpha value is -2.84. The van der Waals surface area contributed by atoms with Crippen LogP contribution in [0.5, 0.6) is 0 Å². The zero-order valence-electron chi connectivity index (χ0n) is 16.7. The highest BCUT2D eigenvalue weighted by Gasteiger charge is 2.33. The number of hydrogen-bond acceptors (Lipinski definition) is 5. The minimum Gasteiger partial charge on any atom is -0.396 e. The molecule has 3 atom stereocenters. The number of hydroxylamine groups is 1. The van der Waals surface area contributed by atoms with Crippen molar-refractivity contribution in [1.82, 2.24) is 10.8 Å². The van der Waals surface area contributed by atoms with Gasteiger partial charge in [0.15, 0.2) is 0 Å². The molecule has 1 aromatic carbocycles. The topological polar surface area (TPSA) is 125 Å². The predicted octanol–water partition coefficient (Wildman–Crippen LogP) is 0.791. The summed E-state index contributed by atoms with van der Waals surface area (Å²) < 4.78 is 0. The maximum Gasteiger partial charge on any atom is 0.267 e. The molecular weight excluding hydrogens is 370 g/mol. The fourth-order valence-corrected chi connectivity index (χ4v) is 3.19. The summed E-state index contributed by atoms with van der Waals surface area (Å²) in [4.78, 5) is 24.1. The molecule has 0 spiro atoms. The van der Waals surface area contributed by atoms with Gasteiger partial charge in [0.1, 0.15) is 6.04 Å². The van der Waals surface area contributed by atoms with Gasteiger partial charge >= 0.3 is 0 Å². The standard InChI is InChI=1S/C22H27N3O4/c1-22(2,23)19(21(28)25-29)24-20(27)18-11-9-15(10-12-18)5-3-4-6-16-7-8-17(13-16)14-26/h9-12,16-17,19,26,29H,7-8,13-14,23H2,1-2H3,(H,24,27)(H,25,28)/t16-,17-,19-/m1/s1. The van der Waals surface area contributed by atoms with Crippen molar-refractivity contribution < 1.29 is 19.9 Å². The van der Waals surface area contributed by atoms with E-state index in [9.17, 15) is 9.59 Å². The number of aliphatic hydroxyl groups excluding tert-OH is 1. The molecule has 0 bridgehead atoms. The molecule has 2 rings (SSSR count). The SMILES string of the molecule is CC(C)(N)[C@H](NC(=O)c1ccc(C#CC#C[C@@H]2CC[C@@H](CO)C2)cc1)C(=O)NO. The number of hydrogen-bond donors (Lipinski definition) is 5. The van der Waals surface area contributed by atoms with E-state index in [1.807, 2.05) is 0 Å². The van der Waals surface area contributed by atoms with Gasteiger partial charge in [-0.3, -0.25) is 14.8 Å². The van der Waals surface area contributed by atoms with Crippen molar-refractivity contribution in [1.29, 1.82) is 0 Å². The molecular formula is C22H27N3O4. The Morgan fingerprint density at radius 1 is 1.24 bits per heavy atom. The minimum absolute atomic E-state index is 0.220. The van der Waals surface area contributed by atoms with E-state index < -0.39 is 23.4 Å². The molecule has 7 heteroatoms. The number of benzene rings is 1. The van der Waals surface area contributed by atoms with E-state index in [1.165, 1.54) is 5.48 Å². The van der Waals surface area contributed by atoms with Crippen LogP contribution in [-0.2, 0) is 4.79 Å². The van der Waals surface area contributed by atoms with Crippen LogP contribution in [0.3, 0.4) is 0 Å². The molecule has 2 amide bonds. The van der Waals surface area contributed by atoms with Crippen LogP contribution in [0.4, 0.5) is 0 Å². The molecule has 0 aromatic heterocycles. The molecule has 6 N–H and O–H groups in total. The number of rotatable bonds is 5. The fourth-order valence-electron chi connectivity index (χ4n) is 3.19. The molecule has 1 aliphatic carbocycles. The van der Waals surface area contributed by atoms with E-state index in [1.54, 1.807) is 38.1 Å². The number of nitrogens with two attached hydrogens (primary N) is 1. The van der Waals surface area contributed by atoms with Crippen molar-refractivity contribution in [3.8, 4) is 23.7 Å². The van der Waals surface area contributed by atoms with Gasteiger partial charge in [-0.2, -0.15) is 0 Å². The molecule has 1 fully saturated rings. The predicted molar refractivity (Wildman–Crippen MR) is 108 cm³/mol. The molecule has 0 unspecified atom stereocenters. The summed E-state index contributed by atoms with van der Waals surface area (Å²) in [5.74, 6) is 11.1. The van der Waals surface area contributed by atoms with Crippen LogP contribution in [-0.4, -0.2) is 40.3 Å². The van der Waals surface area contributed by atoms with Crippen molar-refractivity contribution in [3.63, 3.8) is 0 Å². The van der Waals surface area contributed by atoms with Gasteiger partial charge in [-0.25, -0.2) is 5.48 Å². The lowest BCUT2D eigenvalue weighted by atomic mass is 9.95. The van der Waals surface area contributed by atoms with Crippen molar-refractivity contribution in [3.05, 3.63) is 35.4 Å². The third-order valence-electron chi connectivity index (χ3n) is 4.88. The van der Waals surface area contributed by atoms with Crippen LogP contribution in [0.25, 0.3) is 0 Å². The summed E-state index contributed by atoms with van der Waals surface area (Å²) in [5, 5.41) is 20.5. The first-order valence-electron chi connectivity index (χ1n) is 9.50. The first kappa shape index (κ1) is 22.4. The van der Waals surface area contributed by atoms with Gasteiger partial charge in [0.25, 0.3) is 11.8 Å². The summed E-state index contributed by atoms with van der Waals surface area (Å²) in [5.41, 5.74) is 7.40. The number of aliphatic hydroxyl groups is 1. The maximum atomic E-state index is 12.4. The number of amides is 2. The molecule has 154 valence electrons. The Labute approximate surface area is 171 Å². The van der Waals surface area contributed by atoms with Crippen LogP contribution in [0.2, 0.25) is 0 Å². The van der Waals surface area contributed by atoms with Crippen molar-refractivity contribution in [2.75, 3.05) is 6.61 Å². The highest BCUT2D eigenvalue weighted by Crippen LogP contribution is 2.29. The van der Waals surface area contributed by atoms with E-state index in [-0.39, 0.29) is 6.61 Å². The van der Waals surface area contributed by atoms with E-state index in [4.69, 9.17) is 16.0 Å². The Kier molecular flexibility index (Phi) is 7.81. The zero-order chi connectivity index (χ0) is 21.4. The first-order chi connectivity index (χ1) is 13.7. The number of carbonyl (C=O) groups is 2. The van der Waals surface area contributed by atoms with Crippen LogP contribution >= 0.6 is 0 Å². The quantitative estimate of drug-likeness (QED) is 0.285. The average molecular weight is 397 g/mol. The monoisotopic (exact) mass is 397 g/mol. The van der Waals surface area contributed by atoms with Crippen LogP contribution in [0.1, 0.15) is 49.0 Å². The largest absolute Gasteiger partial charge is 0.396 e. The highest BCUT2D eigenvalue weighted by molar-refractivity contribution is 5.97.